The molecule has 1 unspecified atom stereocenters. The van der Waals surface area contributed by atoms with Crippen LogP contribution in [0.25, 0.3) is 0 Å². The van der Waals surface area contributed by atoms with E-state index in [1.54, 1.807) is 0 Å². The second kappa shape index (κ2) is 8.69. The first-order valence-electron chi connectivity index (χ1n) is 5.99. The molecule has 0 amide bonds. The van der Waals surface area contributed by atoms with Crippen molar-refractivity contribution in [1.82, 2.24) is 0 Å². The van der Waals surface area contributed by atoms with Gasteiger partial charge in [-0.15, -0.1) is 0 Å². The van der Waals surface area contributed by atoms with Crippen LogP contribution in [0.1, 0.15) is 19.8 Å². The van der Waals surface area contributed by atoms with E-state index in [2.05, 4.69) is 22.9 Å². The number of benzene rings is 1. The molecule has 0 aliphatic rings. The van der Waals surface area contributed by atoms with Crippen LogP contribution in [0, 0.1) is 0 Å². The molecule has 1 rings (SSSR count). The Bertz CT molecular complexity index is 482. The lowest BCUT2D eigenvalue weighted by atomic mass is 10.4. The van der Waals surface area contributed by atoms with Gasteiger partial charge in [-0.1, -0.05) is 60.3 Å². The summed E-state index contributed by atoms with van der Waals surface area (Å²) in [6.45, 7) is -0.211. The summed E-state index contributed by atoms with van der Waals surface area (Å²) in [5.41, 5.74) is 0. The SMILES string of the molecule is CCCCOP(=S)(OCC(Cl)(Cl)Cl)c1ccccc1Br. The average Bonchev–Trinajstić information content (AvgIpc) is 2.36. The summed E-state index contributed by atoms with van der Waals surface area (Å²) in [6, 6.07) is 7.53. The van der Waals surface area contributed by atoms with Gasteiger partial charge in [0.25, 0.3) is 0 Å². The standard InChI is InChI=1S/C12H15BrCl3O2PS/c1-2-3-8-17-19(20,18-9-12(14,15)16)11-7-5-4-6-10(11)13/h4-7H,2-3,8-9H2,1H3. The molecule has 0 spiro atoms. The molecule has 0 radical (unpaired) electrons. The van der Waals surface area contributed by atoms with Crippen LogP contribution >= 0.6 is 57.2 Å². The maximum Gasteiger partial charge on any atom is 0.220 e. The molecule has 0 N–H and O–H groups in total. The smallest absolute Gasteiger partial charge is 0.220 e. The van der Waals surface area contributed by atoms with Crippen LogP contribution < -0.4 is 5.30 Å². The molecular formula is C12H15BrCl3O2PS. The number of halogens is 4. The van der Waals surface area contributed by atoms with Crippen molar-refractivity contribution in [1.29, 1.82) is 0 Å². The molecule has 0 aliphatic heterocycles. The largest absolute Gasteiger partial charge is 0.326 e. The third kappa shape index (κ3) is 6.50. The van der Waals surface area contributed by atoms with E-state index in [-0.39, 0.29) is 6.61 Å². The van der Waals surface area contributed by atoms with E-state index >= 15 is 0 Å². The summed E-state index contributed by atoms with van der Waals surface area (Å²) in [7, 11) is 0. The van der Waals surface area contributed by atoms with E-state index in [1.807, 2.05) is 24.3 Å². The fraction of sp³-hybridized carbons (Fsp3) is 0.500. The Kier molecular flexibility index (Phi) is 8.34. The van der Waals surface area contributed by atoms with E-state index in [9.17, 15) is 0 Å². The quantitative estimate of drug-likeness (QED) is 0.313. The number of hydrogen-bond donors (Lipinski definition) is 0. The van der Waals surface area contributed by atoms with E-state index in [4.69, 9.17) is 55.7 Å². The zero-order chi connectivity index (χ0) is 15.2. The van der Waals surface area contributed by atoms with Crippen LogP contribution in [0.5, 0.6) is 0 Å². The number of rotatable bonds is 7. The highest BCUT2D eigenvalue weighted by Crippen LogP contribution is 2.50. The van der Waals surface area contributed by atoms with E-state index < -0.39 is 10.3 Å². The summed E-state index contributed by atoms with van der Waals surface area (Å²) in [5.74, 6) is 0. The van der Waals surface area contributed by atoms with E-state index in [0.717, 1.165) is 22.6 Å². The van der Waals surface area contributed by atoms with Gasteiger partial charge in [0.2, 0.25) is 10.3 Å². The van der Waals surface area contributed by atoms with Crippen molar-refractivity contribution in [2.24, 2.45) is 0 Å². The summed E-state index contributed by atoms with van der Waals surface area (Å²) < 4.78 is 10.8. The molecule has 2 nitrogen and oxygen atoms in total. The average molecular weight is 441 g/mol. The van der Waals surface area contributed by atoms with Crippen molar-refractivity contribution in [2.75, 3.05) is 13.2 Å². The Morgan fingerprint density at radius 2 is 1.90 bits per heavy atom. The third-order valence-electron chi connectivity index (χ3n) is 2.30. The van der Waals surface area contributed by atoms with Crippen molar-refractivity contribution in [3.8, 4) is 0 Å². The molecular weight excluding hydrogens is 425 g/mol. The number of alkyl halides is 3. The van der Waals surface area contributed by atoms with Gasteiger partial charge in [0, 0.05) is 4.47 Å². The Labute approximate surface area is 148 Å². The lowest BCUT2D eigenvalue weighted by Crippen LogP contribution is -2.18. The van der Waals surface area contributed by atoms with Crippen LogP contribution in [-0.2, 0) is 20.9 Å². The highest BCUT2D eigenvalue weighted by atomic mass is 79.9. The first kappa shape index (κ1) is 19.2. The van der Waals surface area contributed by atoms with Crippen molar-refractivity contribution >= 4 is 74.3 Å². The molecule has 114 valence electrons. The van der Waals surface area contributed by atoms with Gasteiger partial charge >= 0.3 is 0 Å². The number of unbranched alkanes of at least 4 members (excludes halogenated alkanes) is 1. The molecule has 8 heteroatoms. The zero-order valence-corrected chi connectivity index (χ0v) is 16.4. The van der Waals surface area contributed by atoms with Crippen LogP contribution in [0.2, 0.25) is 0 Å². The Morgan fingerprint density at radius 3 is 2.45 bits per heavy atom. The summed E-state index contributed by atoms with van der Waals surface area (Å²) >= 11 is 26.3. The molecule has 0 aromatic heterocycles. The minimum Gasteiger partial charge on any atom is -0.326 e. The maximum absolute atomic E-state index is 5.83. The van der Waals surface area contributed by atoms with Gasteiger partial charge in [-0.25, -0.2) is 0 Å². The molecule has 0 bridgehead atoms. The molecule has 0 heterocycles. The van der Waals surface area contributed by atoms with E-state index in [1.165, 1.54) is 0 Å². The van der Waals surface area contributed by atoms with Gasteiger partial charge in [0.05, 0.1) is 11.9 Å². The molecule has 20 heavy (non-hydrogen) atoms. The Hall–Kier alpha value is 1.14. The van der Waals surface area contributed by atoms with Gasteiger partial charge in [-0.05, 0) is 46.3 Å². The van der Waals surface area contributed by atoms with Gasteiger partial charge < -0.3 is 9.05 Å². The second-order valence-electron chi connectivity index (χ2n) is 4.02. The monoisotopic (exact) mass is 438 g/mol. The highest BCUT2D eigenvalue weighted by molar-refractivity contribution is 9.10. The Balaban J connectivity index is 2.95. The minimum atomic E-state index is -2.70. The molecule has 0 fully saturated rings. The van der Waals surface area contributed by atoms with Crippen LogP contribution in [0.3, 0.4) is 0 Å². The van der Waals surface area contributed by atoms with Crippen molar-refractivity contribution < 1.29 is 9.05 Å². The first-order chi connectivity index (χ1) is 9.28. The van der Waals surface area contributed by atoms with Crippen LogP contribution in [0.15, 0.2) is 28.7 Å². The lowest BCUT2D eigenvalue weighted by Gasteiger charge is -2.25. The normalized spacial score (nSPS) is 15.1. The predicted octanol–water partition coefficient (Wildman–Crippen LogP) is 5.59. The van der Waals surface area contributed by atoms with Crippen LogP contribution in [-0.4, -0.2) is 17.0 Å². The minimum absolute atomic E-state index is 0.109. The van der Waals surface area contributed by atoms with Gasteiger partial charge in [-0.2, -0.15) is 0 Å². The lowest BCUT2D eigenvalue weighted by molar-refractivity contribution is 0.254. The maximum atomic E-state index is 5.83. The van der Waals surface area contributed by atoms with Gasteiger partial charge in [0.15, 0.2) is 0 Å². The summed E-state index contributed by atoms with van der Waals surface area (Å²) in [6.07, 6.45) is 1.91. The summed E-state index contributed by atoms with van der Waals surface area (Å²) in [5, 5.41) is 0.792. The van der Waals surface area contributed by atoms with Crippen LogP contribution in [0.4, 0.5) is 0 Å². The first-order valence-corrected chi connectivity index (χ1v) is 10.6. The molecule has 0 saturated heterocycles. The summed E-state index contributed by atoms with van der Waals surface area (Å²) in [4.78, 5) is 0. The zero-order valence-electron chi connectivity index (χ0n) is 10.8. The fourth-order valence-electron chi connectivity index (χ4n) is 1.34. The van der Waals surface area contributed by atoms with Crippen molar-refractivity contribution in [2.45, 2.75) is 23.6 Å². The third-order valence-corrected chi connectivity index (χ3v) is 6.82. The van der Waals surface area contributed by atoms with Crippen molar-refractivity contribution in [3.05, 3.63) is 28.7 Å². The highest BCUT2D eigenvalue weighted by Gasteiger charge is 2.29. The van der Waals surface area contributed by atoms with Gasteiger partial charge in [-0.3, -0.25) is 0 Å². The molecule has 1 aromatic rings. The van der Waals surface area contributed by atoms with Gasteiger partial charge in [0.1, 0.15) is 6.61 Å². The second-order valence-corrected chi connectivity index (χ2v) is 10.8. The van der Waals surface area contributed by atoms with Crippen molar-refractivity contribution in [3.63, 3.8) is 0 Å². The Morgan fingerprint density at radius 1 is 1.25 bits per heavy atom. The molecule has 0 aliphatic carbocycles. The number of hydrogen-bond acceptors (Lipinski definition) is 3. The molecule has 0 saturated carbocycles. The predicted molar refractivity (Wildman–Crippen MR) is 95.2 cm³/mol. The topological polar surface area (TPSA) is 18.5 Å². The fourth-order valence-corrected chi connectivity index (χ4v) is 5.62. The molecule has 1 atom stereocenters. The van der Waals surface area contributed by atoms with E-state index in [0.29, 0.717) is 6.61 Å². The molecule has 1 aromatic carbocycles.